The van der Waals surface area contributed by atoms with Gasteiger partial charge in [0.05, 0.1) is 17.2 Å². The van der Waals surface area contributed by atoms with E-state index in [1.165, 1.54) is 6.26 Å². The van der Waals surface area contributed by atoms with Crippen LogP contribution in [0.4, 0.5) is 0 Å². The van der Waals surface area contributed by atoms with E-state index in [1.54, 1.807) is 0 Å². The average molecular weight is 201 g/mol. The minimum Gasteiger partial charge on any atom is -0.229 e. The third-order valence-electron chi connectivity index (χ3n) is 2.75. The highest BCUT2D eigenvalue weighted by Gasteiger charge is 2.34. The maximum Gasteiger partial charge on any atom is 0.147 e. The van der Waals surface area contributed by atoms with E-state index in [0.717, 1.165) is 25.7 Å². The van der Waals surface area contributed by atoms with Crippen LogP contribution in [-0.2, 0) is 9.84 Å². The molecular formula is C9H15NO2S. The molecule has 0 radical (unpaired) electrons. The van der Waals surface area contributed by atoms with Crippen molar-refractivity contribution in [2.45, 2.75) is 32.1 Å². The average Bonchev–Trinajstić information content (AvgIpc) is 2.49. The highest BCUT2D eigenvalue weighted by Crippen LogP contribution is 2.40. The molecule has 1 aliphatic carbocycles. The largest absolute Gasteiger partial charge is 0.229 e. The van der Waals surface area contributed by atoms with E-state index in [4.69, 9.17) is 5.26 Å². The van der Waals surface area contributed by atoms with E-state index in [2.05, 4.69) is 6.07 Å². The van der Waals surface area contributed by atoms with Crippen molar-refractivity contribution in [2.24, 2.45) is 5.41 Å². The maximum atomic E-state index is 10.9. The molecule has 4 heteroatoms. The molecule has 1 aliphatic rings. The quantitative estimate of drug-likeness (QED) is 0.695. The summed E-state index contributed by atoms with van der Waals surface area (Å²) in [4.78, 5) is 0. The predicted octanol–water partition coefficient (Wildman–Crippen LogP) is 1.51. The zero-order valence-electron chi connectivity index (χ0n) is 7.91. The second-order valence-corrected chi connectivity index (χ2v) is 6.24. The summed E-state index contributed by atoms with van der Waals surface area (Å²) in [5, 5.41) is 8.97. The molecule has 0 heterocycles. The molecule has 1 rings (SSSR count). The number of sulfone groups is 1. The fourth-order valence-corrected chi connectivity index (χ4v) is 2.61. The Labute approximate surface area is 79.7 Å². The van der Waals surface area contributed by atoms with Crippen molar-refractivity contribution in [3.63, 3.8) is 0 Å². The van der Waals surface area contributed by atoms with Crippen LogP contribution in [0.3, 0.4) is 0 Å². The molecule has 0 N–H and O–H groups in total. The van der Waals surface area contributed by atoms with Crippen LogP contribution in [-0.4, -0.2) is 20.4 Å². The predicted molar refractivity (Wildman–Crippen MR) is 50.8 cm³/mol. The van der Waals surface area contributed by atoms with Gasteiger partial charge in [-0.15, -0.1) is 0 Å². The molecule has 1 saturated carbocycles. The van der Waals surface area contributed by atoms with E-state index in [0.29, 0.717) is 6.42 Å². The molecule has 3 nitrogen and oxygen atoms in total. The van der Waals surface area contributed by atoms with Gasteiger partial charge in [0.2, 0.25) is 0 Å². The standard InChI is InChI=1S/C9H15NO2S/c1-13(11,12)7-6-9(8-10)4-2-3-5-9/h2-7H2,1H3. The second kappa shape index (κ2) is 3.67. The molecule has 13 heavy (non-hydrogen) atoms. The fraction of sp³-hybridized carbons (Fsp3) is 0.889. The van der Waals surface area contributed by atoms with Gasteiger partial charge in [0.1, 0.15) is 9.84 Å². The Hall–Kier alpha value is -0.560. The van der Waals surface area contributed by atoms with Crippen LogP contribution >= 0.6 is 0 Å². The summed E-state index contributed by atoms with van der Waals surface area (Å²) in [6.07, 6.45) is 5.63. The zero-order chi connectivity index (χ0) is 9.95. The van der Waals surface area contributed by atoms with E-state index in [-0.39, 0.29) is 11.2 Å². The van der Waals surface area contributed by atoms with Gasteiger partial charge in [0.15, 0.2) is 0 Å². The maximum absolute atomic E-state index is 10.9. The number of rotatable bonds is 3. The van der Waals surface area contributed by atoms with Crippen molar-refractivity contribution in [2.75, 3.05) is 12.0 Å². The van der Waals surface area contributed by atoms with Crippen LogP contribution in [0.15, 0.2) is 0 Å². The summed E-state index contributed by atoms with van der Waals surface area (Å²) in [7, 11) is -2.91. The van der Waals surface area contributed by atoms with Crippen LogP contribution < -0.4 is 0 Å². The zero-order valence-corrected chi connectivity index (χ0v) is 8.73. The first-order valence-electron chi connectivity index (χ1n) is 4.56. The molecule has 0 amide bonds. The molecule has 0 aromatic heterocycles. The van der Waals surface area contributed by atoms with Gasteiger partial charge in [-0.25, -0.2) is 8.42 Å². The van der Waals surface area contributed by atoms with E-state index in [9.17, 15) is 8.42 Å². The third kappa shape index (κ3) is 3.00. The third-order valence-corrected chi connectivity index (χ3v) is 3.69. The first kappa shape index (κ1) is 10.5. The number of hydrogen-bond acceptors (Lipinski definition) is 3. The minimum absolute atomic E-state index is 0.153. The van der Waals surface area contributed by atoms with Crippen LogP contribution in [0, 0.1) is 16.7 Å². The lowest BCUT2D eigenvalue weighted by Crippen LogP contribution is -2.18. The van der Waals surface area contributed by atoms with Crippen molar-refractivity contribution < 1.29 is 8.42 Å². The Kier molecular flexibility index (Phi) is 2.97. The van der Waals surface area contributed by atoms with Gasteiger partial charge in [-0.2, -0.15) is 5.26 Å². The van der Waals surface area contributed by atoms with Gasteiger partial charge >= 0.3 is 0 Å². The van der Waals surface area contributed by atoms with Gasteiger partial charge in [0, 0.05) is 6.26 Å². The first-order chi connectivity index (χ1) is 5.97. The Balaban J connectivity index is 2.56. The summed E-state index contributed by atoms with van der Waals surface area (Å²) in [5.74, 6) is 0.153. The summed E-state index contributed by atoms with van der Waals surface area (Å²) >= 11 is 0. The van der Waals surface area contributed by atoms with Crippen molar-refractivity contribution in [1.82, 2.24) is 0 Å². The lowest BCUT2D eigenvalue weighted by atomic mass is 9.85. The minimum atomic E-state index is -2.91. The summed E-state index contributed by atoms with van der Waals surface area (Å²) in [5.41, 5.74) is -0.330. The Morgan fingerprint density at radius 3 is 2.31 bits per heavy atom. The Morgan fingerprint density at radius 1 is 1.38 bits per heavy atom. The molecule has 0 aliphatic heterocycles. The van der Waals surface area contributed by atoms with Crippen LogP contribution in [0.5, 0.6) is 0 Å². The highest BCUT2D eigenvalue weighted by atomic mass is 32.2. The topological polar surface area (TPSA) is 57.9 Å². The summed E-state index contributed by atoms with van der Waals surface area (Å²) in [6.45, 7) is 0. The number of hydrogen-bond donors (Lipinski definition) is 0. The molecule has 0 saturated heterocycles. The molecule has 0 spiro atoms. The second-order valence-electron chi connectivity index (χ2n) is 3.98. The van der Waals surface area contributed by atoms with Gasteiger partial charge in [-0.05, 0) is 19.3 Å². The van der Waals surface area contributed by atoms with Crippen LogP contribution in [0.2, 0.25) is 0 Å². The Bertz CT molecular complexity index is 307. The molecule has 1 fully saturated rings. The van der Waals surface area contributed by atoms with Crippen molar-refractivity contribution in [3.05, 3.63) is 0 Å². The monoisotopic (exact) mass is 201 g/mol. The molecule has 0 atom stereocenters. The van der Waals surface area contributed by atoms with Crippen molar-refractivity contribution in [3.8, 4) is 6.07 Å². The molecular weight excluding hydrogens is 186 g/mol. The van der Waals surface area contributed by atoms with Gasteiger partial charge in [-0.1, -0.05) is 12.8 Å². The van der Waals surface area contributed by atoms with Crippen molar-refractivity contribution in [1.29, 1.82) is 5.26 Å². The normalized spacial score (nSPS) is 21.2. The van der Waals surface area contributed by atoms with E-state index in [1.807, 2.05) is 0 Å². The fourth-order valence-electron chi connectivity index (χ4n) is 1.85. The van der Waals surface area contributed by atoms with Gasteiger partial charge in [-0.3, -0.25) is 0 Å². The SMILES string of the molecule is CS(=O)(=O)CCC1(C#N)CCCC1. The number of nitrogens with zero attached hydrogens (tertiary/aromatic N) is 1. The number of nitriles is 1. The van der Waals surface area contributed by atoms with Crippen LogP contribution in [0.25, 0.3) is 0 Å². The van der Waals surface area contributed by atoms with Gasteiger partial charge in [0.25, 0.3) is 0 Å². The molecule has 0 bridgehead atoms. The first-order valence-corrected chi connectivity index (χ1v) is 6.63. The van der Waals surface area contributed by atoms with Crippen molar-refractivity contribution >= 4 is 9.84 Å². The molecule has 0 aromatic carbocycles. The lowest BCUT2D eigenvalue weighted by Gasteiger charge is -2.18. The summed E-state index contributed by atoms with van der Waals surface area (Å²) in [6, 6.07) is 2.29. The van der Waals surface area contributed by atoms with E-state index < -0.39 is 9.84 Å². The lowest BCUT2D eigenvalue weighted by molar-refractivity contribution is 0.395. The van der Waals surface area contributed by atoms with Crippen LogP contribution in [0.1, 0.15) is 32.1 Å². The Morgan fingerprint density at radius 2 is 1.92 bits per heavy atom. The smallest absolute Gasteiger partial charge is 0.147 e. The summed E-state index contributed by atoms with van der Waals surface area (Å²) < 4.78 is 21.9. The molecule has 74 valence electrons. The molecule has 0 unspecified atom stereocenters. The van der Waals surface area contributed by atoms with E-state index >= 15 is 0 Å². The van der Waals surface area contributed by atoms with Gasteiger partial charge < -0.3 is 0 Å². The molecule has 0 aromatic rings. The highest BCUT2D eigenvalue weighted by molar-refractivity contribution is 7.90.